The Morgan fingerprint density at radius 3 is 2.63 bits per heavy atom. The molecule has 182 valence electrons. The van der Waals surface area contributed by atoms with Gasteiger partial charge in [0, 0.05) is 11.4 Å². The third-order valence-corrected chi connectivity index (χ3v) is 6.55. The van der Waals surface area contributed by atoms with E-state index < -0.39 is 36.4 Å². The Labute approximate surface area is 205 Å². The van der Waals surface area contributed by atoms with E-state index in [1.54, 1.807) is 19.1 Å². The zero-order valence-electron chi connectivity index (χ0n) is 19.0. The summed E-state index contributed by atoms with van der Waals surface area (Å²) in [5.41, 5.74) is 1.17. The van der Waals surface area contributed by atoms with E-state index >= 15 is 0 Å². The number of esters is 2. The normalized spacial score (nSPS) is 15.0. The summed E-state index contributed by atoms with van der Waals surface area (Å²) in [7, 11) is 0. The van der Waals surface area contributed by atoms with E-state index in [1.807, 2.05) is 30.3 Å². The van der Waals surface area contributed by atoms with Gasteiger partial charge >= 0.3 is 11.9 Å². The molecule has 2 aromatic heterocycles. The maximum Gasteiger partial charge on any atom is 0.350 e. The maximum absolute atomic E-state index is 12.6. The van der Waals surface area contributed by atoms with Crippen LogP contribution in [0.3, 0.4) is 0 Å². The number of amides is 2. The van der Waals surface area contributed by atoms with Crippen molar-refractivity contribution in [1.82, 2.24) is 4.90 Å². The lowest BCUT2D eigenvalue weighted by molar-refractivity contribution is -0.151. The van der Waals surface area contributed by atoms with Gasteiger partial charge in [0.05, 0.1) is 18.6 Å². The molecule has 3 heterocycles. The number of ether oxygens (including phenoxy) is 2. The molecule has 10 heteroatoms. The average molecular weight is 497 g/mol. The number of rotatable bonds is 8. The lowest BCUT2D eigenvalue weighted by atomic mass is 10.2. The van der Waals surface area contributed by atoms with Gasteiger partial charge in [-0.25, -0.2) is 9.59 Å². The lowest BCUT2D eigenvalue weighted by Gasteiger charge is -2.22. The van der Waals surface area contributed by atoms with Crippen LogP contribution in [0.5, 0.6) is 0 Å². The minimum atomic E-state index is -0.790. The van der Waals surface area contributed by atoms with Gasteiger partial charge in [-0.1, -0.05) is 30.3 Å². The number of carbonyl (C=O) groups is 4. The highest BCUT2D eigenvalue weighted by atomic mass is 32.1. The molecule has 0 spiro atoms. The number of anilines is 1. The predicted molar refractivity (Wildman–Crippen MR) is 128 cm³/mol. The fraction of sp³-hybridized carbons (Fsp3) is 0.280. The number of furan rings is 1. The van der Waals surface area contributed by atoms with E-state index in [1.165, 1.54) is 28.6 Å². The molecule has 1 N–H and O–H groups in total. The van der Waals surface area contributed by atoms with Crippen molar-refractivity contribution in [2.24, 2.45) is 0 Å². The van der Waals surface area contributed by atoms with Gasteiger partial charge in [0.1, 0.15) is 10.9 Å². The highest BCUT2D eigenvalue weighted by molar-refractivity contribution is 7.18. The van der Waals surface area contributed by atoms with E-state index in [-0.39, 0.29) is 22.9 Å². The summed E-state index contributed by atoms with van der Waals surface area (Å²) < 4.78 is 15.5. The first-order chi connectivity index (χ1) is 17.0. The topological polar surface area (TPSA) is 115 Å². The molecule has 0 radical (unpaired) electrons. The number of nitrogens with one attached hydrogen (secondary N) is 1. The van der Waals surface area contributed by atoms with Crippen LogP contribution < -0.4 is 5.32 Å². The molecule has 1 atom stereocenters. The summed E-state index contributed by atoms with van der Waals surface area (Å²) in [6.45, 7) is 1.73. The molecule has 9 nitrogen and oxygen atoms in total. The van der Waals surface area contributed by atoms with Gasteiger partial charge < -0.3 is 24.1 Å². The van der Waals surface area contributed by atoms with Crippen LogP contribution in [0, 0.1) is 0 Å². The standard InChI is InChI=1S/C25H24N2O7S/c1-2-32-25(31)22-17(14-20(35-22)16-8-4-3-5-9-16)26-21(28)15-34-24(30)18-10-6-12-27(18)23(29)19-11-7-13-33-19/h3-5,7-9,11,13-14,18H,2,6,10,12,15H2,1H3,(H,26,28)/t18-/m0/s1. The molecular weight excluding hydrogens is 472 g/mol. The molecule has 1 saturated heterocycles. The Morgan fingerprint density at radius 1 is 1.11 bits per heavy atom. The van der Waals surface area contributed by atoms with Crippen molar-refractivity contribution in [3.63, 3.8) is 0 Å². The van der Waals surface area contributed by atoms with E-state index in [9.17, 15) is 19.2 Å². The van der Waals surface area contributed by atoms with E-state index in [0.717, 1.165) is 10.4 Å². The second-order valence-electron chi connectivity index (χ2n) is 7.73. The molecule has 2 amide bonds. The predicted octanol–water partition coefficient (Wildman–Crippen LogP) is 3.97. The number of likely N-dealkylation sites (tertiary alicyclic amines) is 1. The van der Waals surface area contributed by atoms with Gasteiger partial charge in [-0.15, -0.1) is 11.3 Å². The van der Waals surface area contributed by atoms with Crippen LogP contribution in [0.25, 0.3) is 10.4 Å². The van der Waals surface area contributed by atoms with Crippen molar-refractivity contribution in [3.05, 3.63) is 65.4 Å². The molecule has 1 aromatic carbocycles. The number of thiophene rings is 1. The smallest absolute Gasteiger partial charge is 0.350 e. The Hall–Kier alpha value is -3.92. The van der Waals surface area contributed by atoms with Crippen LogP contribution in [0.15, 0.2) is 59.2 Å². The Bertz CT molecular complexity index is 1200. The van der Waals surface area contributed by atoms with Crippen LogP contribution in [0.1, 0.15) is 40.0 Å². The number of carbonyl (C=O) groups excluding carboxylic acids is 4. The Kier molecular flexibility index (Phi) is 7.61. The van der Waals surface area contributed by atoms with Crippen molar-refractivity contribution in [2.75, 3.05) is 25.1 Å². The van der Waals surface area contributed by atoms with Gasteiger partial charge in [0.2, 0.25) is 0 Å². The van der Waals surface area contributed by atoms with E-state index in [0.29, 0.717) is 19.4 Å². The molecule has 35 heavy (non-hydrogen) atoms. The molecule has 4 rings (SSSR count). The molecule has 0 saturated carbocycles. The van der Waals surface area contributed by atoms with Gasteiger partial charge in [0.15, 0.2) is 12.4 Å². The fourth-order valence-corrected chi connectivity index (χ4v) is 4.81. The van der Waals surface area contributed by atoms with Crippen LogP contribution in [-0.2, 0) is 19.1 Å². The summed E-state index contributed by atoms with van der Waals surface area (Å²) in [6.07, 6.45) is 2.46. The summed E-state index contributed by atoms with van der Waals surface area (Å²) >= 11 is 1.20. The molecule has 1 aliphatic rings. The number of hydrogen-bond donors (Lipinski definition) is 1. The zero-order chi connectivity index (χ0) is 24.8. The van der Waals surface area contributed by atoms with E-state index in [4.69, 9.17) is 13.9 Å². The molecule has 0 bridgehead atoms. The summed E-state index contributed by atoms with van der Waals surface area (Å²) in [4.78, 5) is 52.6. The summed E-state index contributed by atoms with van der Waals surface area (Å²) in [5, 5.41) is 2.64. The maximum atomic E-state index is 12.6. The molecular formula is C25H24N2O7S. The highest BCUT2D eigenvalue weighted by Gasteiger charge is 2.37. The van der Waals surface area contributed by atoms with Gasteiger partial charge in [-0.3, -0.25) is 9.59 Å². The lowest BCUT2D eigenvalue weighted by Crippen LogP contribution is -2.42. The van der Waals surface area contributed by atoms with Crippen molar-refractivity contribution < 1.29 is 33.1 Å². The minimum absolute atomic E-state index is 0.139. The molecule has 1 aliphatic heterocycles. The second-order valence-corrected chi connectivity index (χ2v) is 8.78. The number of benzene rings is 1. The zero-order valence-corrected chi connectivity index (χ0v) is 19.8. The highest BCUT2D eigenvalue weighted by Crippen LogP contribution is 2.35. The van der Waals surface area contributed by atoms with Crippen LogP contribution >= 0.6 is 11.3 Å². The van der Waals surface area contributed by atoms with Gasteiger partial charge in [0.25, 0.3) is 11.8 Å². The summed E-state index contributed by atoms with van der Waals surface area (Å²) in [6, 6.07) is 13.4. The first kappa shape index (κ1) is 24.2. The fourth-order valence-electron chi connectivity index (χ4n) is 3.79. The first-order valence-electron chi connectivity index (χ1n) is 11.1. The first-order valence-corrected chi connectivity index (χ1v) is 12.0. The second kappa shape index (κ2) is 11.0. The minimum Gasteiger partial charge on any atom is -0.462 e. The Morgan fingerprint density at radius 2 is 1.91 bits per heavy atom. The van der Waals surface area contributed by atoms with Crippen molar-refractivity contribution >= 4 is 40.8 Å². The number of nitrogens with zero attached hydrogens (tertiary/aromatic N) is 1. The van der Waals surface area contributed by atoms with E-state index in [2.05, 4.69) is 5.32 Å². The molecule has 0 aliphatic carbocycles. The van der Waals surface area contributed by atoms with Crippen LogP contribution in [0.2, 0.25) is 0 Å². The third kappa shape index (κ3) is 5.60. The average Bonchev–Trinajstić information content (AvgIpc) is 3.64. The van der Waals surface area contributed by atoms with Crippen molar-refractivity contribution in [2.45, 2.75) is 25.8 Å². The molecule has 0 unspecified atom stereocenters. The molecule has 1 fully saturated rings. The van der Waals surface area contributed by atoms with Crippen LogP contribution in [-0.4, -0.2) is 54.5 Å². The summed E-state index contributed by atoms with van der Waals surface area (Å²) in [5.74, 6) is -2.09. The van der Waals surface area contributed by atoms with Gasteiger partial charge in [-0.05, 0) is 43.5 Å². The van der Waals surface area contributed by atoms with Crippen molar-refractivity contribution in [1.29, 1.82) is 0 Å². The third-order valence-electron chi connectivity index (χ3n) is 5.39. The SMILES string of the molecule is CCOC(=O)c1sc(-c2ccccc2)cc1NC(=O)COC(=O)[C@@H]1CCCN1C(=O)c1ccco1. The Balaban J connectivity index is 1.40. The quantitative estimate of drug-likeness (QED) is 0.469. The van der Waals surface area contributed by atoms with Crippen LogP contribution in [0.4, 0.5) is 5.69 Å². The van der Waals surface area contributed by atoms with Crippen molar-refractivity contribution in [3.8, 4) is 10.4 Å². The van der Waals surface area contributed by atoms with Gasteiger partial charge in [-0.2, -0.15) is 0 Å². The molecule has 3 aromatic rings. The number of hydrogen-bond acceptors (Lipinski definition) is 8. The largest absolute Gasteiger partial charge is 0.462 e. The monoisotopic (exact) mass is 496 g/mol.